The van der Waals surface area contributed by atoms with Gasteiger partial charge in [0.2, 0.25) is 0 Å². The Morgan fingerprint density at radius 1 is 0.938 bits per heavy atom. The summed E-state index contributed by atoms with van der Waals surface area (Å²) >= 11 is 0. The van der Waals surface area contributed by atoms with E-state index >= 15 is 0 Å². The van der Waals surface area contributed by atoms with Crippen LogP contribution >= 0.6 is 0 Å². The van der Waals surface area contributed by atoms with Crippen molar-refractivity contribution in [3.8, 4) is 0 Å². The number of nitrogens with zero attached hydrogens (tertiary/aromatic N) is 3. The molecular formula is C23H39N3O6. The van der Waals surface area contributed by atoms with Crippen molar-refractivity contribution in [2.75, 3.05) is 53.4 Å². The molecule has 0 radical (unpaired) electrons. The highest BCUT2D eigenvalue weighted by molar-refractivity contribution is 5.69. The van der Waals surface area contributed by atoms with Crippen molar-refractivity contribution in [2.24, 2.45) is 0 Å². The SMILES string of the molecule is CC(CN(CC(=O)O)C(Cc1ccc(C(C)C)cc1)CN(CCN(C)C)CC(=O)O)OO. The molecule has 3 N–H and O–H groups in total. The Balaban J connectivity index is 3.18. The fourth-order valence-electron chi connectivity index (χ4n) is 3.57. The third kappa shape index (κ3) is 11.0. The summed E-state index contributed by atoms with van der Waals surface area (Å²) in [5, 5.41) is 27.9. The number of benzene rings is 1. The Morgan fingerprint density at radius 2 is 1.53 bits per heavy atom. The van der Waals surface area contributed by atoms with Crippen LogP contribution in [0.4, 0.5) is 0 Å². The van der Waals surface area contributed by atoms with E-state index in [9.17, 15) is 19.8 Å². The lowest BCUT2D eigenvalue weighted by molar-refractivity contribution is -0.277. The highest BCUT2D eigenvalue weighted by atomic mass is 17.1. The maximum Gasteiger partial charge on any atom is 0.317 e. The van der Waals surface area contributed by atoms with E-state index in [1.807, 2.05) is 36.0 Å². The number of carboxylic acid groups (broad SMARTS) is 2. The van der Waals surface area contributed by atoms with Gasteiger partial charge < -0.3 is 15.1 Å². The molecule has 2 atom stereocenters. The lowest BCUT2D eigenvalue weighted by Crippen LogP contribution is -2.51. The van der Waals surface area contributed by atoms with Crippen LogP contribution in [0.1, 0.15) is 37.8 Å². The van der Waals surface area contributed by atoms with Crippen LogP contribution in [0.2, 0.25) is 0 Å². The third-order valence-corrected chi connectivity index (χ3v) is 5.34. The largest absolute Gasteiger partial charge is 0.480 e. The van der Waals surface area contributed by atoms with Gasteiger partial charge in [-0.2, -0.15) is 0 Å². The first-order chi connectivity index (χ1) is 15.0. The molecule has 2 unspecified atom stereocenters. The number of rotatable bonds is 16. The highest BCUT2D eigenvalue weighted by Gasteiger charge is 2.26. The van der Waals surface area contributed by atoms with Gasteiger partial charge in [-0.25, -0.2) is 4.89 Å². The summed E-state index contributed by atoms with van der Waals surface area (Å²) < 4.78 is 0. The number of carboxylic acids is 2. The van der Waals surface area contributed by atoms with Crippen LogP contribution in [0.3, 0.4) is 0 Å². The van der Waals surface area contributed by atoms with E-state index in [1.54, 1.807) is 11.8 Å². The predicted molar refractivity (Wildman–Crippen MR) is 123 cm³/mol. The standard InChI is InChI=1S/C23H39N3O6/c1-17(2)20-8-6-19(7-9-20)12-21(26(16-23(29)30)13-18(3)32-31)14-25(15-22(27)28)11-10-24(4)5/h6-9,17-18,21,31H,10-16H2,1-5H3,(H,27,28)(H,29,30). The summed E-state index contributed by atoms with van der Waals surface area (Å²) in [5.41, 5.74) is 2.25. The van der Waals surface area contributed by atoms with Crippen LogP contribution in [0.15, 0.2) is 24.3 Å². The first-order valence-electron chi connectivity index (χ1n) is 11.0. The van der Waals surface area contributed by atoms with Gasteiger partial charge in [0.15, 0.2) is 0 Å². The first-order valence-corrected chi connectivity index (χ1v) is 11.0. The molecule has 9 nitrogen and oxygen atoms in total. The van der Waals surface area contributed by atoms with Crippen molar-refractivity contribution in [3.63, 3.8) is 0 Å². The molecule has 0 amide bonds. The zero-order valence-electron chi connectivity index (χ0n) is 19.9. The molecule has 182 valence electrons. The first kappa shape index (κ1) is 28.0. The smallest absolute Gasteiger partial charge is 0.317 e. The zero-order chi connectivity index (χ0) is 24.3. The summed E-state index contributed by atoms with van der Waals surface area (Å²) in [6, 6.07) is 7.93. The molecule has 0 aliphatic rings. The van der Waals surface area contributed by atoms with Crippen molar-refractivity contribution in [3.05, 3.63) is 35.4 Å². The van der Waals surface area contributed by atoms with E-state index in [0.29, 0.717) is 32.0 Å². The number of likely N-dealkylation sites (N-methyl/N-ethyl adjacent to an activating group) is 1. The van der Waals surface area contributed by atoms with Gasteiger partial charge in [0.1, 0.15) is 6.10 Å². The van der Waals surface area contributed by atoms with Crippen LogP contribution in [0, 0.1) is 0 Å². The Morgan fingerprint density at radius 3 is 2.00 bits per heavy atom. The topological polar surface area (TPSA) is 114 Å². The Bertz CT molecular complexity index is 695. The van der Waals surface area contributed by atoms with Gasteiger partial charge in [-0.05, 0) is 44.5 Å². The fourth-order valence-corrected chi connectivity index (χ4v) is 3.57. The van der Waals surface area contributed by atoms with Crippen molar-refractivity contribution < 1.29 is 29.9 Å². The van der Waals surface area contributed by atoms with Crippen LogP contribution in [0.5, 0.6) is 0 Å². The lowest BCUT2D eigenvalue weighted by atomic mass is 9.98. The monoisotopic (exact) mass is 453 g/mol. The molecule has 0 aromatic heterocycles. The molecule has 9 heteroatoms. The van der Waals surface area contributed by atoms with Crippen molar-refractivity contribution in [2.45, 2.75) is 45.3 Å². The van der Waals surface area contributed by atoms with Gasteiger partial charge in [-0.3, -0.25) is 24.6 Å². The summed E-state index contributed by atoms with van der Waals surface area (Å²) in [4.78, 5) is 33.0. The minimum Gasteiger partial charge on any atom is -0.480 e. The summed E-state index contributed by atoms with van der Waals surface area (Å²) in [6.45, 7) is 7.32. The molecule has 0 saturated heterocycles. The minimum absolute atomic E-state index is 0.135. The maximum absolute atomic E-state index is 11.6. The van der Waals surface area contributed by atoms with E-state index in [4.69, 9.17) is 5.26 Å². The van der Waals surface area contributed by atoms with E-state index in [-0.39, 0.29) is 25.7 Å². The van der Waals surface area contributed by atoms with Gasteiger partial charge in [0, 0.05) is 32.2 Å². The number of aliphatic carboxylic acids is 2. The van der Waals surface area contributed by atoms with Crippen molar-refractivity contribution in [1.29, 1.82) is 0 Å². The van der Waals surface area contributed by atoms with Gasteiger partial charge in [-0.1, -0.05) is 38.1 Å². The molecule has 0 saturated carbocycles. The highest BCUT2D eigenvalue weighted by Crippen LogP contribution is 2.18. The summed E-state index contributed by atoms with van der Waals surface area (Å²) in [7, 11) is 3.84. The molecule has 1 aromatic rings. The Hall–Kier alpha value is -2.04. The molecular weight excluding hydrogens is 414 g/mol. The summed E-state index contributed by atoms with van der Waals surface area (Å²) in [5.74, 6) is -1.52. The zero-order valence-corrected chi connectivity index (χ0v) is 19.9. The molecule has 32 heavy (non-hydrogen) atoms. The van der Waals surface area contributed by atoms with E-state index < -0.39 is 18.0 Å². The van der Waals surface area contributed by atoms with E-state index in [0.717, 1.165) is 5.56 Å². The average molecular weight is 454 g/mol. The summed E-state index contributed by atoms with van der Waals surface area (Å²) in [6.07, 6.45) is -0.0445. The molecule has 0 fully saturated rings. The van der Waals surface area contributed by atoms with E-state index in [2.05, 4.69) is 30.9 Å². The molecule has 0 bridgehead atoms. The van der Waals surface area contributed by atoms with Crippen LogP contribution < -0.4 is 0 Å². The second kappa shape index (κ2) is 14.2. The van der Waals surface area contributed by atoms with Crippen LogP contribution in [-0.2, 0) is 20.9 Å². The Kier molecular flexibility index (Phi) is 12.4. The van der Waals surface area contributed by atoms with Gasteiger partial charge in [-0.15, -0.1) is 0 Å². The van der Waals surface area contributed by atoms with Crippen molar-refractivity contribution in [1.82, 2.24) is 14.7 Å². The van der Waals surface area contributed by atoms with Gasteiger partial charge >= 0.3 is 11.9 Å². The molecule has 1 rings (SSSR count). The second-order valence-corrected chi connectivity index (χ2v) is 8.93. The number of carbonyl (C=O) groups is 2. The van der Waals surface area contributed by atoms with E-state index in [1.165, 1.54) is 5.56 Å². The second-order valence-electron chi connectivity index (χ2n) is 8.93. The van der Waals surface area contributed by atoms with Crippen LogP contribution in [0.25, 0.3) is 0 Å². The van der Waals surface area contributed by atoms with Crippen molar-refractivity contribution >= 4 is 11.9 Å². The number of hydrogen-bond acceptors (Lipinski definition) is 7. The molecule has 0 aliphatic carbocycles. The quantitative estimate of drug-likeness (QED) is 0.255. The Labute approximate surface area is 191 Å². The van der Waals surface area contributed by atoms with Gasteiger partial charge in [0.05, 0.1) is 13.1 Å². The fraction of sp³-hybridized carbons (Fsp3) is 0.652. The molecule has 0 heterocycles. The predicted octanol–water partition coefficient (Wildman–Crippen LogP) is 1.93. The van der Waals surface area contributed by atoms with Crippen LogP contribution in [-0.4, -0.2) is 108 Å². The molecule has 0 aliphatic heterocycles. The molecule has 0 spiro atoms. The van der Waals surface area contributed by atoms with Gasteiger partial charge in [0.25, 0.3) is 0 Å². The average Bonchev–Trinajstić information content (AvgIpc) is 2.70. The number of hydrogen-bond donors (Lipinski definition) is 3. The normalized spacial score (nSPS) is 13.8. The maximum atomic E-state index is 11.6. The molecule has 1 aromatic carbocycles. The minimum atomic E-state index is -0.992. The third-order valence-electron chi connectivity index (χ3n) is 5.34. The lowest BCUT2D eigenvalue weighted by Gasteiger charge is -2.35.